The first kappa shape index (κ1) is 11.3. The molecule has 2 rings (SSSR count). The number of hydrogen-bond acceptors (Lipinski definition) is 4. The molecule has 2 aromatic rings. The van der Waals surface area contributed by atoms with E-state index in [0.717, 1.165) is 17.7 Å². The molecular formula is C12H13N3O2. The highest BCUT2D eigenvalue weighted by Crippen LogP contribution is 2.16. The van der Waals surface area contributed by atoms with Gasteiger partial charge in [-0.25, -0.2) is 4.68 Å². The Labute approximate surface area is 99.0 Å². The monoisotopic (exact) mass is 231 g/mol. The standard InChI is InChI=1S/C12H13N3O2/c1-3-11-12(8-16)15(14-13-11)9-4-6-10(17-2)7-5-9/h4-8H,3H2,1-2H3. The molecule has 0 spiro atoms. The summed E-state index contributed by atoms with van der Waals surface area (Å²) >= 11 is 0. The highest BCUT2D eigenvalue weighted by Gasteiger charge is 2.11. The number of nitrogens with zero attached hydrogens (tertiary/aromatic N) is 3. The third kappa shape index (κ3) is 2.04. The zero-order valence-electron chi connectivity index (χ0n) is 9.75. The van der Waals surface area contributed by atoms with Gasteiger partial charge in [-0.1, -0.05) is 12.1 Å². The number of aldehydes is 1. The van der Waals surface area contributed by atoms with E-state index < -0.39 is 0 Å². The van der Waals surface area contributed by atoms with E-state index in [2.05, 4.69) is 10.3 Å². The van der Waals surface area contributed by atoms with Crippen LogP contribution in [0.2, 0.25) is 0 Å². The van der Waals surface area contributed by atoms with Crippen molar-refractivity contribution < 1.29 is 9.53 Å². The molecule has 1 heterocycles. The number of carbonyl (C=O) groups is 1. The van der Waals surface area contributed by atoms with Crippen molar-refractivity contribution >= 4 is 6.29 Å². The summed E-state index contributed by atoms with van der Waals surface area (Å²) in [6, 6.07) is 7.30. The zero-order chi connectivity index (χ0) is 12.3. The highest BCUT2D eigenvalue weighted by atomic mass is 16.5. The molecule has 17 heavy (non-hydrogen) atoms. The summed E-state index contributed by atoms with van der Waals surface area (Å²) in [6.45, 7) is 1.94. The predicted octanol–water partition coefficient (Wildman–Crippen LogP) is 1.65. The highest BCUT2D eigenvalue weighted by molar-refractivity contribution is 5.74. The maximum Gasteiger partial charge on any atom is 0.170 e. The Balaban J connectivity index is 2.44. The van der Waals surface area contributed by atoms with Crippen LogP contribution in [0.5, 0.6) is 5.75 Å². The number of carbonyl (C=O) groups excluding carboxylic acids is 1. The number of rotatable bonds is 4. The van der Waals surface area contributed by atoms with E-state index in [1.807, 2.05) is 31.2 Å². The molecule has 0 N–H and O–H groups in total. The Morgan fingerprint density at radius 3 is 2.59 bits per heavy atom. The molecule has 0 bridgehead atoms. The molecule has 0 atom stereocenters. The fraction of sp³-hybridized carbons (Fsp3) is 0.250. The van der Waals surface area contributed by atoms with E-state index in [1.165, 1.54) is 4.68 Å². The smallest absolute Gasteiger partial charge is 0.170 e. The van der Waals surface area contributed by atoms with Crippen molar-refractivity contribution in [2.75, 3.05) is 7.11 Å². The molecule has 5 nitrogen and oxygen atoms in total. The van der Waals surface area contributed by atoms with Gasteiger partial charge in [0.05, 0.1) is 18.5 Å². The number of aromatic nitrogens is 3. The van der Waals surface area contributed by atoms with E-state index in [0.29, 0.717) is 17.8 Å². The van der Waals surface area contributed by atoms with E-state index in [-0.39, 0.29) is 0 Å². The molecule has 0 unspecified atom stereocenters. The Bertz CT molecular complexity index is 517. The van der Waals surface area contributed by atoms with Gasteiger partial charge in [0.25, 0.3) is 0 Å². The van der Waals surface area contributed by atoms with Gasteiger partial charge in [0.1, 0.15) is 11.4 Å². The molecular weight excluding hydrogens is 218 g/mol. The van der Waals surface area contributed by atoms with Gasteiger partial charge < -0.3 is 4.74 Å². The molecule has 0 aliphatic carbocycles. The fourth-order valence-corrected chi connectivity index (χ4v) is 1.60. The van der Waals surface area contributed by atoms with E-state index in [1.54, 1.807) is 7.11 Å². The number of benzene rings is 1. The Morgan fingerprint density at radius 2 is 2.06 bits per heavy atom. The van der Waals surface area contributed by atoms with Gasteiger partial charge >= 0.3 is 0 Å². The minimum absolute atomic E-state index is 0.498. The lowest BCUT2D eigenvalue weighted by atomic mass is 10.2. The minimum Gasteiger partial charge on any atom is -0.497 e. The van der Waals surface area contributed by atoms with E-state index >= 15 is 0 Å². The summed E-state index contributed by atoms with van der Waals surface area (Å²) in [4.78, 5) is 11.0. The van der Waals surface area contributed by atoms with Crippen LogP contribution in [-0.2, 0) is 6.42 Å². The summed E-state index contributed by atoms with van der Waals surface area (Å²) in [5, 5.41) is 7.95. The second-order valence-electron chi connectivity index (χ2n) is 3.50. The largest absolute Gasteiger partial charge is 0.497 e. The lowest BCUT2D eigenvalue weighted by Crippen LogP contribution is -2.02. The van der Waals surface area contributed by atoms with Gasteiger partial charge in [-0.3, -0.25) is 4.79 Å². The van der Waals surface area contributed by atoms with Crippen molar-refractivity contribution in [2.24, 2.45) is 0 Å². The van der Waals surface area contributed by atoms with E-state index in [4.69, 9.17) is 4.74 Å². The topological polar surface area (TPSA) is 57.0 Å². The molecule has 1 aromatic carbocycles. The van der Waals surface area contributed by atoms with Gasteiger partial charge in [0.2, 0.25) is 0 Å². The average Bonchev–Trinajstić information content (AvgIpc) is 2.81. The number of hydrogen-bond donors (Lipinski definition) is 0. The van der Waals surface area contributed by atoms with Crippen LogP contribution in [0.3, 0.4) is 0 Å². The van der Waals surface area contributed by atoms with Gasteiger partial charge in [-0.2, -0.15) is 0 Å². The average molecular weight is 231 g/mol. The molecule has 5 heteroatoms. The lowest BCUT2D eigenvalue weighted by Gasteiger charge is -2.04. The summed E-state index contributed by atoms with van der Waals surface area (Å²) in [5.41, 5.74) is 1.99. The van der Waals surface area contributed by atoms with E-state index in [9.17, 15) is 4.79 Å². The number of methoxy groups -OCH3 is 1. The van der Waals surface area contributed by atoms with Crippen LogP contribution < -0.4 is 4.74 Å². The first-order valence-electron chi connectivity index (χ1n) is 5.34. The summed E-state index contributed by atoms with van der Waals surface area (Å²) in [6.07, 6.45) is 1.47. The van der Waals surface area contributed by atoms with Crippen molar-refractivity contribution in [1.82, 2.24) is 15.0 Å². The first-order chi connectivity index (χ1) is 8.30. The molecule has 0 radical (unpaired) electrons. The summed E-state index contributed by atoms with van der Waals surface area (Å²) in [5.74, 6) is 0.761. The molecule has 1 aromatic heterocycles. The molecule has 0 saturated carbocycles. The number of ether oxygens (including phenoxy) is 1. The van der Waals surface area contributed by atoms with Crippen LogP contribution in [0.4, 0.5) is 0 Å². The Hall–Kier alpha value is -2.17. The SMILES string of the molecule is CCc1nnn(-c2ccc(OC)cc2)c1C=O. The van der Waals surface area contributed by atoms with Crippen molar-refractivity contribution in [2.45, 2.75) is 13.3 Å². The second kappa shape index (κ2) is 4.78. The van der Waals surface area contributed by atoms with Crippen LogP contribution >= 0.6 is 0 Å². The van der Waals surface area contributed by atoms with Gasteiger partial charge in [-0.15, -0.1) is 5.10 Å². The van der Waals surface area contributed by atoms with Crippen molar-refractivity contribution in [3.8, 4) is 11.4 Å². The van der Waals surface area contributed by atoms with Crippen LogP contribution in [0.1, 0.15) is 23.1 Å². The van der Waals surface area contributed by atoms with Gasteiger partial charge in [-0.05, 0) is 30.7 Å². The Kier molecular flexibility index (Phi) is 3.18. The second-order valence-corrected chi connectivity index (χ2v) is 3.50. The van der Waals surface area contributed by atoms with Crippen molar-refractivity contribution in [1.29, 1.82) is 0 Å². The lowest BCUT2D eigenvalue weighted by molar-refractivity contribution is 0.111. The predicted molar refractivity (Wildman–Crippen MR) is 62.7 cm³/mol. The first-order valence-corrected chi connectivity index (χ1v) is 5.34. The molecule has 0 amide bonds. The number of aryl methyl sites for hydroxylation is 1. The van der Waals surface area contributed by atoms with Crippen molar-refractivity contribution in [3.05, 3.63) is 35.7 Å². The maximum absolute atomic E-state index is 11.0. The maximum atomic E-state index is 11.0. The van der Waals surface area contributed by atoms with Gasteiger partial charge in [0, 0.05) is 0 Å². The third-order valence-corrected chi connectivity index (χ3v) is 2.54. The van der Waals surface area contributed by atoms with Crippen LogP contribution in [0.15, 0.2) is 24.3 Å². The van der Waals surface area contributed by atoms with Crippen LogP contribution in [0, 0.1) is 0 Å². The minimum atomic E-state index is 0.498. The quantitative estimate of drug-likeness (QED) is 0.751. The molecule has 88 valence electrons. The summed E-state index contributed by atoms with van der Waals surface area (Å²) in [7, 11) is 1.61. The zero-order valence-corrected chi connectivity index (χ0v) is 9.75. The fourth-order valence-electron chi connectivity index (χ4n) is 1.60. The third-order valence-electron chi connectivity index (χ3n) is 2.54. The van der Waals surface area contributed by atoms with Crippen LogP contribution in [0.25, 0.3) is 5.69 Å². The van der Waals surface area contributed by atoms with Crippen LogP contribution in [-0.4, -0.2) is 28.4 Å². The summed E-state index contributed by atoms with van der Waals surface area (Å²) < 4.78 is 6.61. The normalized spacial score (nSPS) is 10.2. The van der Waals surface area contributed by atoms with Crippen molar-refractivity contribution in [3.63, 3.8) is 0 Å². The molecule has 0 fully saturated rings. The molecule has 0 saturated heterocycles. The van der Waals surface area contributed by atoms with Gasteiger partial charge in [0.15, 0.2) is 6.29 Å². The molecule has 0 aliphatic rings. The Morgan fingerprint density at radius 1 is 1.35 bits per heavy atom. The molecule has 0 aliphatic heterocycles.